The van der Waals surface area contributed by atoms with E-state index in [1.54, 1.807) is 18.2 Å². The summed E-state index contributed by atoms with van der Waals surface area (Å²) >= 11 is 3.36. The molecule has 0 radical (unpaired) electrons. The summed E-state index contributed by atoms with van der Waals surface area (Å²) in [5.74, 6) is 0.531. The third-order valence-corrected chi connectivity index (χ3v) is 3.88. The van der Waals surface area contributed by atoms with Gasteiger partial charge in [0, 0.05) is 6.04 Å². The van der Waals surface area contributed by atoms with Crippen LogP contribution >= 0.6 is 15.9 Å². The fourth-order valence-electron chi connectivity index (χ4n) is 2.24. The normalized spacial score (nSPS) is 15.5. The van der Waals surface area contributed by atoms with Crippen molar-refractivity contribution in [3.8, 4) is 5.75 Å². The Morgan fingerprint density at radius 3 is 2.79 bits per heavy atom. The summed E-state index contributed by atoms with van der Waals surface area (Å²) in [5, 5.41) is 12.0. The van der Waals surface area contributed by atoms with Gasteiger partial charge in [-0.3, -0.25) is 4.79 Å². The Morgan fingerprint density at radius 1 is 1.42 bits per heavy atom. The highest BCUT2D eigenvalue weighted by Crippen LogP contribution is 2.26. The predicted octanol–water partition coefficient (Wildman–Crippen LogP) is 2.38. The lowest BCUT2D eigenvalue weighted by Crippen LogP contribution is -2.36. The van der Waals surface area contributed by atoms with Crippen molar-refractivity contribution in [2.24, 2.45) is 0 Å². The zero-order valence-electron chi connectivity index (χ0n) is 10.7. The highest BCUT2D eigenvalue weighted by atomic mass is 79.9. The second kappa shape index (κ2) is 6.91. The molecule has 0 spiro atoms. The van der Waals surface area contributed by atoms with Crippen LogP contribution in [0.15, 0.2) is 22.7 Å². The molecule has 0 unspecified atom stereocenters. The van der Waals surface area contributed by atoms with Crippen LogP contribution < -0.4 is 10.1 Å². The van der Waals surface area contributed by atoms with Crippen LogP contribution in [-0.2, 0) is 11.4 Å². The zero-order chi connectivity index (χ0) is 13.7. The number of rotatable bonds is 5. The number of halogens is 1. The van der Waals surface area contributed by atoms with E-state index >= 15 is 0 Å². The van der Waals surface area contributed by atoms with Crippen molar-refractivity contribution in [2.75, 3.05) is 6.61 Å². The Bertz CT molecular complexity index is 444. The minimum Gasteiger partial charge on any atom is -0.483 e. The molecule has 1 aromatic rings. The molecule has 1 fully saturated rings. The van der Waals surface area contributed by atoms with Gasteiger partial charge in [0.15, 0.2) is 6.61 Å². The lowest BCUT2D eigenvalue weighted by Gasteiger charge is -2.13. The molecule has 0 atom stereocenters. The first-order valence-electron chi connectivity index (χ1n) is 6.50. The van der Waals surface area contributed by atoms with Crippen molar-refractivity contribution >= 4 is 21.8 Å². The molecule has 1 aromatic carbocycles. The molecule has 0 aliphatic heterocycles. The molecule has 0 bridgehead atoms. The van der Waals surface area contributed by atoms with E-state index in [2.05, 4.69) is 21.2 Å². The molecule has 4 nitrogen and oxygen atoms in total. The van der Waals surface area contributed by atoms with Crippen molar-refractivity contribution in [1.29, 1.82) is 0 Å². The number of benzene rings is 1. The van der Waals surface area contributed by atoms with E-state index in [-0.39, 0.29) is 19.1 Å². The van der Waals surface area contributed by atoms with Gasteiger partial charge in [-0.1, -0.05) is 18.9 Å². The molecule has 1 aliphatic carbocycles. The summed E-state index contributed by atoms with van der Waals surface area (Å²) in [6.45, 7) is 0.00855. The van der Waals surface area contributed by atoms with Crippen molar-refractivity contribution in [3.05, 3.63) is 28.2 Å². The number of carbonyl (C=O) groups excluding carboxylic acids is 1. The summed E-state index contributed by atoms with van der Waals surface area (Å²) in [6, 6.07) is 5.62. The SMILES string of the molecule is O=C(COc1ccc(CO)cc1Br)NC1CCCC1. The fourth-order valence-corrected chi connectivity index (χ4v) is 2.78. The third-order valence-electron chi connectivity index (χ3n) is 3.26. The minimum absolute atomic E-state index is 0.0129. The second-order valence-electron chi connectivity index (χ2n) is 4.76. The van der Waals surface area contributed by atoms with Crippen LogP contribution in [0.4, 0.5) is 0 Å². The first kappa shape index (κ1) is 14.3. The molecular formula is C14H18BrNO3. The van der Waals surface area contributed by atoms with E-state index < -0.39 is 0 Å². The Balaban J connectivity index is 1.82. The Kier molecular flexibility index (Phi) is 5.22. The standard InChI is InChI=1S/C14H18BrNO3/c15-12-7-10(8-17)5-6-13(12)19-9-14(18)16-11-3-1-2-4-11/h5-7,11,17H,1-4,8-9H2,(H,16,18). The Hall–Kier alpha value is -1.07. The molecule has 1 aliphatic rings. The molecule has 0 heterocycles. The van der Waals surface area contributed by atoms with Crippen LogP contribution in [0.2, 0.25) is 0 Å². The fraction of sp³-hybridized carbons (Fsp3) is 0.500. The first-order valence-corrected chi connectivity index (χ1v) is 7.30. The minimum atomic E-state index is -0.0787. The highest BCUT2D eigenvalue weighted by Gasteiger charge is 2.17. The van der Waals surface area contributed by atoms with E-state index in [4.69, 9.17) is 9.84 Å². The topological polar surface area (TPSA) is 58.6 Å². The van der Waals surface area contributed by atoms with Crippen LogP contribution in [0.5, 0.6) is 5.75 Å². The maximum Gasteiger partial charge on any atom is 0.258 e. The van der Waals surface area contributed by atoms with Gasteiger partial charge in [-0.25, -0.2) is 0 Å². The zero-order valence-corrected chi connectivity index (χ0v) is 12.3. The van der Waals surface area contributed by atoms with E-state index in [0.29, 0.717) is 11.8 Å². The number of carbonyl (C=O) groups is 1. The van der Waals surface area contributed by atoms with Crippen LogP contribution in [0, 0.1) is 0 Å². The lowest BCUT2D eigenvalue weighted by molar-refractivity contribution is -0.123. The van der Waals surface area contributed by atoms with Gasteiger partial charge in [-0.15, -0.1) is 0 Å². The largest absolute Gasteiger partial charge is 0.483 e. The van der Waals surface area contributed by atoms with Crippen molar-refractivity contribution in [3.63, 3.8) is 0 Å². The maximum absolute atomic E-state index is 11.7. The highest BCUT2D eigenvalue weighted by molar-refractivity contribution is 9.10. The van der Waals surface area contributed by atoms with Crippen LogP contribution in [0.1, 0.15) is 31.2 Å². The number of amides is 1. The molecule has 2 rings (SSSR count). The van der Waals surface area contributed by atoms with Gasteiger partial charge in [0.2, 0.25) is 0 Å². The Labute approximate surface area is 121 Å². The third kappa shape index (κ3) is 4.21. The van der Waals surface area contributed by atoms with Gasteiger partial charge < -0.3 is 15.2 Å². The quantitative estimate of drug-likeness (QED) is 0.872. The molecule has 5 heteroatoms. The summed E-state index contributed by atoms with van der Waals surface area (Å²) in [7, 11) is 0. The van der Waals surface area contributed by atoms with Crippen molar-refractivity contribution < 1.29 is 14.6 Å². The number of ether oxygens (including phenoxy) is 1. The summed E-state index contributed by atoms with van der Waals surface area (Å²) < 4.78 is 6.21. The number of hydrogen-bond donors (Lipinski definition) is 2. The molecule has 2 N–H and O–H groups in total. The average molecular weight is 328 g/mol. The van der Waals surface area contributed by atoms with E-state index in [1.165, 1.54) is 12.8 Å². The molecule has 1 saturated carbocycles. The lowest BCUT2D eigenvalue weighted by atomic mass is 10.2. The van der Waals surface area contributed by atoms with E-state index in [1.807, 2.05) is 0 Å². The van der Waals surface area contributed by atoms with E-state index in [9.17, 15) is 4.79 Å². The van der Waals surface area contributed by atoms with Gasteiger partial charge in [0.25, 0.3) is 5.91 Å². The molecule has 104 valence electrons. The smallest absolute Gasteiger partial charge is 0.258 e. The second-order valence-corrected chi connectivity index (χ2v) is 5.61. The van der Waals surface area contributed by atoms with Crippen LogP contribution in [-0.4, -0.2) is 23.7 Å². The Morgan fingerprint density at radius 2 is 2.16 bits per heavy atom. The van der Waals surface area contributed by atoms with Crippen LogP contribution in [0.3, 0.4) is 0 Å². The monoisotopic (exact) mass is 327 g/mol. The molecule has 0 aromatic heterocycles. The van der Waals surface area contributed by atoms with E-state index in [0.717, 1.165) is 22.9 Å². The van der Waals surface area contributed by atoms with Gasteiger partial charge in [0.1, 0.15) is 5.75 Å². The van der Waals surface area contributed by atoms with Gasteiger partial charge in [-0.2, -0.15) is 0 Å². The average Bonchev–Trinajstić information content (AvgIpc) is 2.90. The molecule has 0 saturated heterocycles. The van der Waals surface area contributed by atoms with Crippen molar-refractivity contribution in [2.45, 2.75) is 38.3 Å². The predicted molar refractivity (Wildman–Crippen MR) is 76.0 cm³/mol. The number of nitrogens with one attached hydrogen (secondary N) is 1. The van der Waals surface area contributed by atoms with Gasteiger partial charge >= 0.3 is 0 Å². The molecular weight excluding hydrogens is 310 g/mol. The number of hydrogen-bond acceptors (Lipinski definition) is 3. The number of aliphatic hydroxyl groups is 1. The summed E-state index contributed by atoms with van der Waals surface area (Å²) in [4.78, 5) is 11.7. The van der Waals surface area contributed by atoms with Crippen molar-refractivity contribution in [1.82, 2.24) is 5.32 Å². The molecule has 19 heavy (non-hydrogen) atoms. The van der Waals surface area contributed by atoms with Gasteiger partial charge in [0.05, 0.1) is 11.1 Å². The van der Waals surface area contributed by atoms with Gasteiger partial charge in [-0.05, 0) is 46.5 Å². The summed E-state index contributed by atoms with van der Waals surface area (Å²) in [5.41, 5.74) is 0.801. The first-order chi connectivity index (χ1) is 9.19. The summed E-state index contributed by atoms with van der Waals surface area (Å²) in [6.07, 6.45) is 4.53. The maximum atomic E-state index is 11.7. The van der Waals surface area contributed by atoms with Crippen LogP contribution in [0.25, 0.3) is 0 Å². The molecule has 1 amide bonds. The number of aliphatic hydroxyl groups excluding tert-OH is 1.